The molecule has 124 valence electrons. The number of nitrogens with two attached hydrogens (primary N) is 1. The number of hydrogen-bond donors (Lipinski definition) is 2. The molecule has 0 unspecified atom stereocenters. The van der Waals surface area contributed by atoms with E-state index >= 15 is 0 Å². The second-order valence-electron chi connectivity index (χ2n) is 5.91. The molecule has 1 aliphatic heterocycles. The Morgan fingerprint density at radius 1 is 1.08 bits per heavy atom. The minimum atomic E-state index is -0.208. The van der Waals surface area contributed by atoms with Gasteiger partial charge < -0.3 is 16.0 Å². The number of carbonyl (C=O) groups excluding carboxylic acids is 2. The number of nitrogens with zero attached hydrogens (tertiary/aromatic N) is 1. The molecule has 2 amide bonds. The molecule has 0 fully saturated rings. The van der Waals surface area contributed by atoms with Crippen molar-refractivity contribution in [3.05, 3.63) is 59.7 Å². The van der Waals surface area contributed by atoms with Gasteiger partial charge in [0.2, 0.25) is 11.8 Å². The van der Waals surface area contributed by atoms with Crippen molar-refractivity contribution in [1.82, 2.24) is 0 Å². The van der Waals surface area contributed by atoms with Crippen molar-refractivity contribution in [1.29, 1.82) is 0 Å². The van der Waals surface area contributed by atoms with Crippen LogP contribution in [0.5, 0.6) is 0 Å². The topological polar surface area (TPSA) is 75.4 Å². The molecule has 0 atom stereocenters. The molecule has 3 N–H and O–H groups in total. The molecule has 0 aromatic heterocycles. The fourth-order valence-corrected chi connectivity index (χ4v) is 2.93. The number of fused-ring (bicyclic) bond motifs is 1. The van der Waals surface area contributed by atoms with Crippen LogP contribution in [-0.4, -0.2) is 18.4 Å². The monoisotopic (exact) mass is 323 g/mol. The van der Waals surface area contributed by atoms with Crippen molar-refractivity contribution in [3.63, 3.8) is 0 Å². The maximum atomic E-state index is 12.4. The molecule has 2 aromatic carbocycles. The summed E-state index contributed by atoms with van der Waals surface area (Å²) >= 11 is 0. The lowest BCUT2D eigenvalue weighted by atomic mass is 10.1. The smallest absolute Gasteiger partial charge is 0.244 e. The van der Waals surface area contributed by atoms with E-state index in [1.54, 1.807) is 4.90 Å². The van der Waals surface area contributed by atoms with Crippen molar-refractivity contribution in [3.8, 4) is 0 Å². The lowest BCUT2D eigenvalue weighted by Gasteiger charge is -2.22. The van der Waals surface area contributed by atoms with Crippen LogP contribution < -0.4 is 16.0 Å². The van der Waals surface area contributed by atoms with Crippen molar-refractivity contribution in [2.45, 2.75) is 25.8 Å². The van der Waals surface area contributed by atoms with Crippen LogP contribution >= 0.6 is 0 Å². The standard InChI is InChI=1S/C19H21N3O2/c20-12-14-8-10-16(11-9-14)21-18(23)13-22-17-6-2-1-4-15(17)5-3-7-19(22)24/h1-2,4,6,8-11H,3,5,7,12-13,20H2,(H,21,23). The van der Waals surface area contributed by atoms with E-state index in [1.807, 2.05) is 48.5 Å². The molecule has 1 heterocycles. The Balaban J connectivity index is 1.73. The normalized spacial score (nSPS) is 14.0. The van der Waals surface area contributed by atoms with Crippen LogP contribution in [0, 0.1) is 0 Å². The average molecular weight is 323 g/mol. The Kier molecular flexibility index (Phi) is 4.91. The highest BCUT2D eigenvalue weighted by molar-refractivity contribution is 6.03. The predicted octanol–water partition coefficient (Wildman–Crippen LogP) is 2.45. The van der Waals surface area contributed by atoms with Gasteiger partial charge in [-0.3, -0.25) is 9.59 Å². The lowest BCUT2D eigenvalue weighted by Crippen LogP contribution is -2.37. The fraction of sp³-hybridized carbons (Fsp3) is 0.263. The zero-order chi connectivity index (χ0) is 16.9. The SMILES string of the molecule is NCc1ccc(NC(=O)CN2C(=O)CCCc3ccccc32)cc1. The summed E-state index contributed by atoms with van der Waals surface area (Å²) in [6.07, 6.45) is 2.14. The van der Waals surface area contributed by atoms with Crippen LogP contribution in [0.15, 0.2) is 48.5 Å². The first-order chi connectivity index (χ1) is 11.7. The average Bonchev–Trinajstić information content (AvgIpc) is 2.75. The largest absolute Gasteiger partial charge is 0.326 e. The summed E-state index contributed by atoms with van der Waals surface area (Å²) in [5, 5.41) is 2.84. The Morgan fingerprint density at radius 2 is 1.83 bits per heavy atom. The zero-order valence-electron chi connectivity index (χ0n) is 13.5. The molecule has 5 heteroatoms. The summed E-state index contributed by atoms with van der Waals surface area (Å²) in [6, 6.07) is 15.2. The first-order valence-corrected chi connectivity index (χ1v) is 8.14. The minimum absolute atomic E-state index is 0.00594. The predicted molar refractivity (Wildman–Crippen MR) is 94.7 cm³/mol. The second-order valence-corrected chi connectivity index (χ2v) is 5.91. The molecule has 0 radical (unpaired) electrons. The Bertz CT molecular complexity index is 741. The van der Waals surface area contributed by atoms with Crippen LogP contribution in [0.25, 0.3) is 0 Å². The number of nitrogens with one attached hydrogen (secondary N) is 1. The first-order valence-electron chi connectivity index (χ1n) is 8.14. The van der Waals surface area contributed by atoms with Gasteiger partial charge in [0.25, 0.3) is 0 Å². The molecule has 5 nitrogen and oxygen atoms in total. The highest BCUT2D eigenvalue weighted by atomic mass is 16.2. The Morgan fingerprint density at radius 3 is 2.58 bits per heavy atom. The summed E-state index contributed by atoms with van der Waals surface area (Å²) in [4.78, 5) is 26.3. The van der Waals surface area contributed by atoms with Gasteiger partial charge in [-0.05, 0) is 42.2 Å². The van der Waals surface area contributed by atoms with Gasteiger partial charge in [0, 0.05) is 24.3 Å². The lowest BCUT2D eigenvalue weighted by molar-refractivity contribution is -0.121. The number of anilines is 2. The molecule has 0 saturated carbocycles. The van der Waals surface area contributed by atoms with Gasteiger partial charge in [0.05, 0.1) is 0 Å². The van der Waals surface area contributed by atoms with Gasteiger partial charge in [0.15, 0.2) is 0 Å². The van der Waals surface area contributed by atoms with E-state index in [-0.39, 0.29) is 18.4 Å². The summed E-state index contributed by atoms with van der Waals surface area (Å²) < 4.78 is 0. The molecule has 24 heavy (non-hydrogen) atoms. The summed E-state index contributed by atoms with van der Waals surface area (Å²) in [5.74, 6) is -0.214. The summed E-state index contributed by atoms with van der Waals surface area (Å²) in [6.45, 7) is 0.488. The second kappa shape index (κ2) is 7.27. The number of para-hydroxylation sites is 1. The van der Waals surface area contributed by atoms with E-state index in [0.29, 0.717) is 18.7 Å². The van der Waals surface area contributed by atoms with E-state index in [9.17, 15) is 9.59 Å². The van der Waals surface area contributed by atoms with Crippen molar-refractivity contribution in [2.75, 3.05) is 16.8 Å². The van der Waals surface area contributed by atoms with Crippen LogP contribution in [0.4, 0.5) is 11.4 Å². The molecule has 0 saturated heterocycles. The third-order valence-electron chi connectivity index (χ3n) is 4.20. The maximum Gasteiger partial charge on any atom is 0.244 e. The number of amides is 2. The number of rotatable bonds is 4. The molecular weight excluding hydrogens is 302 g/mol. The van der Waals surface area contributed by atoms with E-state index in [4.69, 9.17) is 5.73 Å². The van der Waals surface area contributed by atoms with E-state index in [0.717, 1.165) is 29.7 Å². The minimum Gasteiger partial charge on any atom is -0.326 e. The van der Waals surface area contributed by atoms with Gasteiger partial charge in [-0.2, -0.15) is 0 Å². The van der Waals surface area contributed by atoms with Gasteiger partial charge in [-0.1, -0.05) is 30.3 Å². The van der Waals surface area contributed by atoms with Gasteiger partial charge in [0.1, 0.15) is 6.54 Å². The third kappa shape index (κ3) is 3.63. The van der Waals surface area contributed by atoms with Crippen LogP contribution in [0.1, 0.15) is 24.0 Å². The summed E-state index contributed by atoms with van der Waals surface area (Å²) in [5.41, 5.74) is 9.23. The number of benzene rings is 2. The van der Waals surface area contributed by atoms with Gasteiger partial charge in [-0.25, -0.2) is 0 Å². The highest BCUT2D eigenvalue weighted by Gasteiger charge is 2.23. The van der Waals surface area contributed by atoms with Crippen molar-refractivity contribution >= 4 is 23.2 Å². The molecule has 0 bridgehead atoms. The Labute approximate surface area is 141 Å². The van der Waals surface area contributed by atoms with Gasteiger partial charge in [-0.15, -0.1) is 0 Å². The number of carbonyl (C=O) groups is 2. The first kappa shape index (κ1) is 16.2. The van der Waals surface area contributed by atoms with E-state index in [1.165, 1.54) is 0 Å². The van der Waals surface area contributed by atoms with Crippen molar-refractivity contribution < 1.29 is 9.59 Å². The molecule has 0 aliphatic carbocycles. The summed E-state index contributed by atoms with van der Waals surface area (Å²) in [7, 11) is 0. The van der Waals surface area contributed by atoms with Gasteiger partial charge >= 0.3 is 0 Å². The van der Waals surface area contributed by atoms with E-state index < -0.39 is 0 Å². The fourth-order valence-electron chi connectivity index (χ4n) is 2.93. The highest BCUT2D eigenvalue weighted by Crippen LogP contribution is 2.26. The molecule has 0 spiro atoms. The van der Waals surface area contributed by atoms with E-state index in [2.05, 4.69) is 5.32 Å². The quantitative estimate of drug-likeness (QED) is 0.907. The van der Waals surface area contributed by atoms with Crippen LogP contribution in [0.3, 0.4) is 0 Å². The molecule has 3 rings (SSSR count). The molecule has 2 aromatic rings. The van der Waals surface area contributed by atoms with Crippen molar-refractivity contribution in [2.24, 2.45) is 5.73 Å². The van der Waals surface area contributed by atoms with Crippen LogP contribution in [0.2, 0.25) is 0 Å². The third-order valence-corrected chi connectivity index (χ3v) is 4.20. The van der Waals surface area contributed by atoms with Crippen LogP contribution in [-0.2, 0) is 22.6 Å². The molecular formula is C19H21N3O2. The molecule has 1 aliphatic rings. The number of hydrogen-bond acceptors (Lipinski definition) is 3. The Hall–Kier alpha value is -2.66. The maximum absolute atomic E-state index is 12.4. The number of aryl methyl sites for hydroxylation is 1. The zero-order valence-corrected chi connectivity index (χ0v) is 13.5.